The molecule has 1 aliphatic heterocycles. The van der Waals surface area contributed by atoms with Crippen LogP contribution in [-0.4, -0.2) is 23.5 Å². The van der Waals surface area contributed by atoms with Gasteiger partial charge >= 0.3 is 0 Å². The maximum atomic E-state index is 14.1. The van der Waals surface area contributed by atoms with Crippen LogP contribution in [0.4, 0.5) is 11.4 Å². The number of para-hydroxylation sites is 1. The first-order valence-corrected chi connectivity index (χ1v) is 11.6. The van der Waals surface area contributed by atoms with Gasteiger partial charge in [-0.05, 0) is 62.6 Å². The van der Waals surface area contributed by atoms with E-state index in [1.165, 1.54) is 16.7 Å². The molecular formula is C29H29N3O. The number of rotatable bonds is 3. The van der Waals surface area contributed by atoms with E-state index in [4.69, 9.17) is 4.98 Å². The van der Waals surface area contributed by atoms with Crippen molar-refractivity contribution in [2.24, 2.45) is 0 Å². The van der Waals surface area contributed by atoms with Gasteiger partial charge in [0, 0.05) is 23.5 Å². The molecule has 4 heteroatoms. The first-order valence-electron chi connectivity index (χ1n) is 11.6. The number of pyridine rings is 1. The number of anilines is 2. The standard InChI is InChI=1S/C29H29N3O/c1-5-22-17-32(28-15-20(4)19(3)14-27(28)30-22)29(33)24-16-26(21-12-10-18(2)11-13-21)31-25-9-7-6-8-23(24)25/h6-16,22,30H,5,17H2,1-4H3. The predicted molar refractivity (Wildman–Crippen MR) is 137 cm³/mol. The molecule has 1 aliphatic rings. The monoisotopic (exact) mass is 435 g/mol. The average Bonchev–Trinajstić information content (AvgIpc) is 2.83. The van der Waals surface area contributed by atoms with E-state index in [1.807, 2.05) is 35.2 Å². The number of benzene rings is 3. The molecule has 1 N–H and O–H groups in total. The van der Waals surface area contributed by atoms with Gasteiger partial charge in [0.15, 0.2) is 0 Å². The topological polar surface area (TPSA) is 45.2 Å². The van der Waals surface area contributed by atoms with E-state index in [0.29, 0.717) is 12.1 Å². The third-order valence-corrected chi connectivity index (χ3v) is 6.70. The Bertz CT molecular complexity index is 1360. The smallest absolute Gasteiger partial charge is 0.259 e. The molecule has 2 heterocycles. The van der Waals surface area contributed by atoms with Crippen molar-refractivity contribution in [2.75, 3.05) is 16.8 Å². The second-order valence-corrected chi connectivity index (χ2v) is 9.06. The van der Waals surface area contributed by atoms with Crippen molar-refractivity contribution >= 4 is 28.2 Å². The maximum absolute atomic E-state index is 14.1. The normalized spacial score (nSPS) is 15.3. The van der Waals surface area contributed by atoms with Crippen LogP contribution in [-0.2, 0) is 0 Å². The predicted octanol–water partition coefficient (Wildman–Crippen LogP) is 6.68. The molecule has 0 bridgehead atoms. The van der Waals surface area contributed by atoms with Gasteiger partial charge in [0.05, 0.1) is 28.1 Å². The molecule has 5 rings (SSSR count). The fraction of sp³-hybridized carbons (Fsp3) is 0.241. The molecule has 4 aromatic rings. The first-order chi connectivity index (χ1) is 15.9. The van der Waals surface area contributed by atoms with Gasteiger partial charge in [-0.1, -0.05) is 55.0 Å². The number of fused-ring (bicyclic) bond motifs is 2. The molecule has 33 heavy (non-hydrogen) atoms. The molecule has 1 aromatic heterocycles. The molecule has 1 atom stereocenters. The van der Waals surface area contributed by atoms with Gasteiger partial charge in [0.1, 0.15) is 0 Å². The average molecular weight is 436 g/mol. The number of aromatic nitrogens is 1. The van der Waals surface area contributed by atoms with Crippen LogP contribution in [0.1, 0.15) is 40.4 Å². The van der Waals surface area contributed by atoms with Crippen molar-refractivity contribution in [3.63, 3.8) is 0 Å². The minimum Gasteiger partial charge on any atom is -0.379 e. The maximum Gasteiger partial charge on any atom is 0.259 e. The van der Waals surface area contributed by atoms with Gasteiger partial charge in [-0.15, -0.1) is 0 Å². The van der Waals surface area contributed by atoms with Gasteiger partial charge in [0.2, 0.25) is 0 Å². The van der Waals surface area contributed by atoms with Crippen molar-refractivity contribution in [1.82, 2.24) is 4.98 Å². The molecule has 0 radical (unpaired) electrons. The molecule has 0 spiro atoms. The molecule has 0 aliphatic carbocycles. The zero-order chi connectivity index (χ0) is 23.1. The van der Waals surface area contributed by atoms with E-state index in [1.54, 1.807) is 0 Å². The van der Waals surface area contributed by atoms with Crippen LogP contribution in [0.5, 0.6) is 0 Å². The zero-order valence-corrected chi connectivity index (χ0v) is 19.6. The lowest BCUT2D eigenvalue weighted by atomic mass is 9.99. The molecule has 0 saturated heterocycles. The van der Waals surface area contributed by atoms with Crippen LogP contribution in [0.15, 0.2) is 66.7 Å². The fourth-order valence-electron chi connectivity index (χ4n) is 4.52. The van der Waals surface area contributed by atoms with E-state index in [-0.39, 0.29) is 11.9 Å². The highest BCUT2D eigenvalue weighted by Gasteiger charge is 2.30. The minimum absolute atomic E-state index is 0.0198. The minimum atomic E-state index is 0.0198. The van der Waals surface area contributed by atoms with Crippen LogP contribution in [0, 0.1) is 20.8 Å². The summed E-state index contributed by atoms with van der Waals surface area (Å²) in [4.78, 5) is 21.0. The molecule has 1 unspecified atom stereocenters. The summed E-state index contributed by atoms with van der Waals surface area (Å²) in [6.45, 7) is 9.08. The van der Waals surface area contributed by atoms with Crippen LogP contribution in [0.25, 0.3) is 22.2 Å². The molecular weight excluding hydrogens is 406 g/mol. The molecule has 3 aromatic carbocycles. The molecule has 166 valence electrons. The van der Waals surface area contributed by atoms with E-state index < -0.39 is 0 Å². The summed E-state index contributed by atoms with van der Waals surface area (Å²) in [6, 6.07) is 22.7. The highest BCUT2D eigenvalue weighted by atomic mass is 16.2. The van der Waals surface area contributed by atoms with Gasteiger partial charge in [-0.2, -0.15) is 0 Å². The van der Waals surface area contributed by atoms with E-state index in [9.17, 15) is 4.79 Å². The molecule has 0 fully saturated rings. The summed E-state index contributed by atoms with van der Waals surface area (Å²) < 4.78 is 0. The number of hydrogen-bond donors (Lipinski definition) is 1. The van der Waals surface area contributed by atoms with Crippen molar-refractivity contribution in [3.8, 4) is 11.3 Å². The van der Waals surface area contributed by atoms with Gasteiger partial charge in [0.25, 0.3) is 5.91 Å². The molecule has 1 amide bonds. The summed E-state index contributed by atoms with van der Waals surface area (Å²) in [6.07, 6.45) is 0.946. The summed E-state index contributed by atoms with van der Waals surface area (Å²) in [5, 5.41) is 4.51. The zero-order valence-electron chi connectivity index (χ0n) is 19.6. The second kappa shape index (κ2) is 8.36. The SMILES string of the molecule is CCC1CN(C(=O)c2cc(-c3ccc(C)cc3)nc3ccccc23)c2cc(C)c(C)cc2N1. The number of nitrogens with one attached hydrogen (secondary N) is 1. The van der Waals surface area contributed by atoms with Crippen molar-refractivity contribution in [3.05, 3.63) is 89.0 Å². The number of carbonyl (C=O) groups excluding carboxylic acids is 1. The third-order valence-electron chi connectivity index (χ3n) is 6.70. The number of hydrogen-bond acceptors (Lipinski definition) is 3. The second-order valence-electron chi connectivity index (χ2n) is 9.06. The molecule has 0 saturated carbocycles. The van der Waals surface area contributed by atoms with Gasteiger partial charge in [-0.25, -0.2) is 4.98 Å². The highest BCUT2D eigenvalue weighted by molar-refractivity contribution is 6.15. The Hall–Kier alpha value is -3.66. The highest BCUT2D eigenvalue weighted by Crippen LogP contribution is 2.36. The van der Waals surface area contributed by atoms with Crippen molar-refractivity contribution < 1.29 is 4.79 Å². The van der Waals surface area contributed by atoms with E-state index in [2.05, 4.69) is 69.4 Å². The Kier molecular flexibility index (Phi) is 5.37. The summed E-state index contributed by atoms with van der Waals surface area (Å²) >= 11 is 0. The Balaban J connectivity index is 1.67. The van der Waals surface area contributed by atoms with Crippen LogP contribution >= 0.6 is 0 Å². The van der Waals surface area contributed by atoms with Crippen molar-refractivity contribution in [2.45, 2.75) is 40.2 Å². The van der Waals surface area contributed by atoms with E-state index >= 15 is 0 Å². The molecule has 4 nitrogen and oxygen atoms in total. The van der Waals surface area contributed by atoms with Crippen LogP contribution < -0.4 is 10.2 Å². The Labute approximate surface area is 195 Å². The fourth-order valence-corrected chi connectivity index (χ4v) is 4.52. The Morgan fingerprint density at radius 1 is 1.00 bits per heavy atom. The summed E-state index contributed by atoms with van der Waals surface area (Å²) in [5.41, 5.74) is 8.94. The summed E-state index contributed by atoms with van der Waals surface area (Å²) in [5.74, 6) is 0.0198. The Morgan fingerprint density at radius 3 is 2.48 bits per heavy atom. The number of nitrogens with zero attached hydrogens (tertiary/aromatic N) is 2. The number of carbonyl (C=O) groups is 1. The third kappa shape index (κ3) is 3.86. The lowest BCUT2D eigenvalue weighted by molar-refractivity contribution is 0.0986. The van der Waals surface area contributed by atoms with Crippen molar-refractivity contribution in [1.29, 1.82) is 0 Å². The Morgan fingerprint density at radius 2 is 1.73 bits per heavy atom. The van der Waals surface area contributed by atoms with Gasteiger partial charge in [-0.3, -0.25) is 4.79 Å². The lowest BCUT2D eigenvalue weighted by Crippen LogP contribution is -2.44. The van der Waals surface area contributed by atoms with Crippen LogP contribution in [0.3, 0.4) is 0 Å². The number of aryl methyl sites for hydroxylation is 3. The quantitative estimate of drug-likeness (QED) is 0.390. The first kappa shape index (κ1) is 21.2. The summed E-state index contributed by atoms with van der Waals surface area (Å²) in [7, 11) is 0. The largest absolute Gasteiger partial charge is 0.379 e. The lowest BCUT2D eigenvalue weighted by Gasteiger charge is -2.36. The number of amides is 1. The van der Waals surface area contributed by atoms with Crippen LogP contribution in [0.2, 0.25) is 0 Å². The van der Waals surface area contributed by atoms with Gasteiger partial charge < -0.3 is 10.2 Å². The van der Waals surface area contributed by atoms with E-state index in [0.717, 1.165) is 40.0 Å².